The van der Waals surface area contributed by atoms with Crippen LogP contribution in [0, 0.1) is 6.92 Å². The number of carbonyl (C=O) groups is 2. The highest BCUT2D eigenvalue weighted by molar-refractivity contribution is 9.10. The van der Waals surface area contributed by atoms with E-state index < -0.39 is 5.97 Å². The molecule has 1 saturated heterocycles. The number of hydrogen-bond acceptors (Lipinski definition) is 2. The number of carboxylic acids is 1. The summed E-state index contributed by atoms with van der Waals surface area (Å²) in [5.41, 5.74) is 2.28. The van der Waals surface area contributed by atoms with E-state index in [2.05, 4.69) is 22.0 Å². The van der Waals surface area contributed by atoms with Gasteiger partial charge in [-0.15, -0.1) is 0 Å². The number of halogens is 1. The average molecular weight is 340 g/mol. The first-order valence-electron chi connectivity index (χ1n) is 6.76. The molecule has 20 heavy (non-hydrogen) atoms. The van der Waals surface area contributed by atoms with Gasteiger partial charge in [-0.05, 0) is 37.0 Å². The molecule has 1 N–H and O–H groups in total. The van der Waals surface area contributed by atoms with Crippen molar-refractivity contribution in [1.82, 2.24) is 4.90 Å². The van der Waals surface area contributed by atoms with Crippen LogP contribution in [0.3, 0.4) is 0 Å². The minimum Gasteiger partial charge on any atom is -0.481 e. The second-order valence-corrected chi connectivity index (χ2v) is 6.00. The van der Waals surface area contributed by atoms with E-state index in [1.807, 2.05) is 24.0 Å². The molecule has 0 aliphatic carbocycles. The average Bonchev–Trinajstić information content (AvgIpc) is 2.88. The second kappa shape index (κ2) is 6.39. The lowest BCUT2D eigenvalue weighted by Gasteiger charge is -2.25. The zero-order chi connectivity index (χ0) is 14.7. The van der Waals surface area contributed by atoms with Crippen LogP contribution in [-0.2, 0) is 9.59 Å². The lowest BCUT2D eigenvalue weighted by molar-refractivity contribution is -0.141. The number of aliphatic carboxylic acids is 1. The van der Waals surface area contributed by atoms with Crippen molar-refractivity contribution in [2.45, 2.75) is 38.6 Å². The van der Waals surface area contributed by atoms with Crippen molar-refractivity contribution in [3.8, 4) is 0 Å². The van der Waals surface area contributed by atoms with E-state index in [0.29, 0.717) is 0 Å². The Bertz CT molecular complexity index is 530. The Morgan fingerprint density at radius 1 is 1.40 bits per heavy atom. The fourth-order valence-corrected chi connectivity index (χ4v) is 2.89. The van der Waals surface area contributed by atoms with Crippen LogP contribution in [0.2, 0.25) is 0 Å². The van der Waals surface area contributed by atoms with Gasteiger partial charge in [-0.25, -0.2) is 0 Å². The van der Waals surface area contributed by atoms with E-state index in [1.165, 1.54) is 0 Å². The Kier molecular flexibility index (Phi) is 4.81. The molecule has 1 aromatic carbocycles. The predicted molar refractivity (Wildman–Crippen MR) is 79.4 cm³/mol. The molecule has 1 fully saturated rings. The topological polar surface area (TPSA) is 57.6 Å². The van der Waals surface area contributed by atoms with E-state index in [0.717, 1.165) is 35.0 Å². The number of benzene rings is 1. The molecule has 0 aromatic heterocycles. The molecule has 1 aliphatic heterocycles. The smallest absolute Gasteiger partial charge is 0.303 e. The Morgan fingerprint density at radius 2 is 2.15 bits per heavy atom. The maximum atomic E-state index is 12.1. The summed E-state index contributed by atoms with van der Waals surface area (Å²) < 4.78 is 1.06. The normalized spacial score (nSPS) is 18.3. The van der Waals surface area contributed by atoms with Gasteiger partial charge in [-0.1, -0.05) is 28.1 Å². The Balaban J connectivity index is 2.12. The minimum absolute atomic E-state index is 0.0597. The minimum atomic E-state index is -0.923. The molecule has 0 saturated carbocycles. The molecule has 0 bridgehead atoms. The lowest BCUT2D eigenvalue weighted by atomic mass is 10.0. The number of aryl methyl sites for hydroxylation is 1. The van der Waals surface area contributed by atoms with Crippen LogP contribution in [0.1, 0.15) is 42.9 Å². The summed E-state index contributed by atoms with van der Waals surface area (Å²) in [7, 11) is 0. The van der Waals surface area contributed by atoms with Crippen LogP contribution in [0.4, 0.5) is 0 Å². The highest BCUT2D eigenvalue weighted by atomic mass is 79.9. The number of rotatable bonds is 4. The third-order valence-corrected chi connectivity index (χ3v) is 4.58. The summed E-state index contributed by atoms with van der Waals surface area (Å²) >= 11 is 3.48. The molecular weight excluding hydrogens is 322 g/mol. The van der Waals surface area contributed by atoms with Crippen LogP contribution < -0.4 is 0 Å². The number of amides is 1. The Morgan fingerprint density at radius 3 is 2.80 bits per heavy atom. The van der Waals surface area contributed by atoms with Gasteiger partial charge in [0.1, 0.15) is 0 Å². The first-order valence-corrected chi connectivity index (χ1v) is 7.55. The summed E-state index contributed by atoms with van der Waals surface area (Å²) in [6.07, 6.45) is 1.90. The van der Waals surface area contributed by atoms with Crippen molar-refractivity contribution in [3.63, 3.8) is 0 Å². The standard InChI is InChI=1S/C15H18BrNO3/c1-10-9-11(4-5-12(10)16)13-3-2-8-17(13)14(18)6-7-15(19)20/h4-5,9,13H,2-3,6-8H2,1H3,(H,19,20). The van der Waals surface area contributed by atoms with Crippen molar-refractivity contribution in [2.75, 3.05) is 6.54 Å². The SMILES string of the molecule is Cc1cc(C2CCCN2C(=O)CCC(=O)O)ccc1Br. The molecular formula is C15H18BrNO3. The summed E-state index contributed by atoms with van der Waals surface area (Å²) in [6.45, 7) is 2.75. The van der Waals surface area contributed by atoms with E-state index in [1.54, 1.807) is 0 Å². The number of carbonyl (C=O) groups excluding carboxylic acids is 1. The third kappa shape index (κ3) is 3.39. The van der Waals surface area contributed by atoms with Crippen molar-refractivity contribution >= 4 is 27.8 Å². The highest BCUT2D eigenvalue weighted by Crippen LogP contribution is 2.34. The van der Waals surface area contributed by atoms with Crippen LogP contribution >= 0.6 is 15.9 Å². The molecule has 1 unspecified atom stereocenters. The predicted octanol–water partition coefficient (Wildman–Crippen LogP) is 3.29. The molecule has 0 radical (unpaired) electrons. The zero-order valence-electron chi connectivity index (χ0n) is 11.4. The molecule has 108 valence electrons. The van der Waals surface area contributed by atoms with E-state index in [4.69, 9.17) is 5.11 Å². The van der Waals surface area contributed by atoms with Crippen LogP contribution in [0.15, 0.2) is 22.7 Å². The monoisotopic (exact) mass is 339 g/mol. The molecule has 1 heterocycles. The maximum Gasteiger partial charge on any atom is 0.303 e. The van der Waals surface area contributed by atoms with Gasteiger partial charge in [0, 0.05) is 17.4 Å². The summed E-state index contributed by atoms with van der Waals surface area (Å²) in [4.78, 5) is 24.5. The van der Waals surface area contributed by atoms with Gasteiger partial charge < -0.3 is 10.0 Å². The molecule has 2 rings (SSSR count). The lowest BCUT2D eigenvalue weighted by Crippen LogP contribution is -2.30. The first kappa shape index (κ1) is 15.0. The maximum absolute atomic E-state index is 12.1. The molecule has 1 amide bonds. The molecule has 0 spiro atoms. The molecule has 5 heteroatoms. The van der Waals surface area contributed by atoms with Crippen molar-refractivity contribution < 1.29 is 14.7 Å². The zero-order valence-corrected chi connectivity index (χ0v) is 13.0. The van der Waals surface area contributed by atoms with Crippen molar-refractivity contribution in [3.05, 3.63) is 33.8 Å². The second-order valence-electron chi connectivity index (χ2n) is 5.15. The highest BCUT2D eigenvalue weighted by Gasteiger charge is 2.29. The summed E-state index contributed by atoms with van der Waals surface area (Å²) in [6, 6.07) is 6.22. The Labute approximate surface area is 126 Å². The van der Waals surface area contributed by atoms with Crippen LogP contribution in [0.25, 0.3) is 0 Å². The van der Waals surface area contributed by atoms with Gasteiger partial charge in [-0.3, -0.25) is 9.59 Å². The van der Waals surface area contributed by atoms with E-state index in [9.17, 15) is 9.59 Å². The van der Waals surface area contributed by atoms with E-state index in [-0.39, 0.29) is 24.8 Å². The molecule has 1 aromatic rings. The summed E-state index contributed by atoms with van der Waals surface area (Å²) in [5, 5.41) is 8.68. The fourth-order valence-electron chi connectivity index (χ4n) is 2.64. The fraction of sp³-hybridized carbons (Fsp3) is 0.467. The quantitative estimate of drug-likeness (QED) is 0.915. The van der Waals surface area contributed by atoms with Crippen LogP contribution in [0.5, 0.6) is 0 Å². The van der Waals surface area contributed by atoms with Gasteiger partial charge in [0.2, 0.25) is 5.91 Å². The van der Waals surface area contributed by atoms with Crippen LogP contribution in [-0.4, -0.2) is 28.4 Å². The van der Waals surface area contributed by atoms with Crippen molar-refractivity contribution in [2.24, 2.45) is 0 Å². The van der Waals surface area contributed by atoms with Gasteiger partial charge in [0.15, 0.2) is 0 Å². The molecule has 1 atom stereocenters. The number of nitrogens with zero attached hydrogens (tertiary/aromatic N) is 1. The number of carboxylic acid groups (broad SMARTS) is 1. The van der Waals surface area contributed by atoms with Gasteiger partial charge in [0.25, 0.3) is 0 Å². The largest absolute Gasteiger partial charge is 0.481 e. The van der Waals surface area contributed by atoms with Gasteiger partial charge in [-0.2, -0.15) is 0 Å². The molecule has 4 nitrogen and oxygen atoms in total. The third-order valence-electron chi connectivity index (χ3n) is 3.69. The Hall–Kier alpha value is -1.36. The molecule has 1 aliphatic rings. The summed E-state index contributed by atoms with van der Waals surface area (Å²) in [5.74, 6) is -0.982. The number of likely N-dealkylation sites (tertiary alicyclic amines) is 1. The van der Waals surface area contributed by atoms with Gasteiger partial charge >= 0.3 is 5.97 Å². The van der Waals surface area contributed by atoms with Crippen molar-refractivity contribution in [1.29, 1.82) is 0 Å². The first-order chi connectivity index (χ1) is 9.49. The van der Waals surface area contributed by atoms with Gasteiger partial charge in [0.05, 0.1) is 12.5 Å². The van der Waals surface area contributed by atoms with E-state index >= 15 is 0 Å². The number of hydrogen-bond donors (Lipinski definition) is 1.